The number of thioether (sulfide) groups is 1. The number of aryl methyl sites for hydroxylation is 1. The van der Waals surface area contributed by atoms with Crippen LogP contribution < -0.4 is 5.32 Å². The van der Waals surface area contributed by atoms with Gasteiger partial charge >= 0.3 is 0 Å². The molecular weight excluding hydrogens is 278 g/mol. The minimum absolute atomic E-state index is 0.0864. The van der Waals surface area contributed by atoms with Crippen LogP contribution in [-0.2, 0) is 11.3 Å². The van der Waals surface area contributed by atoms with Gasteiger partial charge in [-0.15, -0.1) is 11.8 Å². The number of amides is 1. The lowest BCUT2D eigenvalue weighted by atomic mass is 10.1. The number of nitrogens with one attached hydrogen (secondary N) is 1. The average molecular weight is 299 g/mol. The summed E-state index contributed by atoms with van der Waals surface area (Å²) in [7, 11) is 0. The maximum absolute atomic E-state index is 11.9. The van der Waals surface area contributed by atoms with Crippen molar-refractivity contribution in [3.8, 4) is 0 Å². The predicted molar refractivity (Wildman–Crippen MR) is 90.3 cm³/mol. The number of benzene rings is 2. The lowest BCUT2D eigenvalue weighted by molar-refractivity contribution is -0.118. The highest BCUT2D eigenvalue weighted by atomic mass is 32.2. The molecule has 0 radical (unpaired) electrons. The van der Waals surface area contributed by atoms with Crippen LogP contribution >= 0.6 is 11.8 Å². The summed E-state index contributed by atoms with van der Waals surface area (Å²) in [5.74, 6) is 0.574. The molecule has 2 nitrogen and oxygen atoms in total. The Labute approximate surface area is 131 Å². The van der Waals surface area contributed by atoms with Crippen LogP contribution in [-0.4, -0.2) is 11.7 Å². The van der Waals surface area contributed by atoms with Crippen molar-refractivity contribution in [2.45, 2.75) is 25.6 Å². The van der Waals surface area contributed by atoms with E-state index in [-0.39, 0.29) is 5.91 Å². The molecule has 0 aliphatic heterocycles. The van der Waals surface area contributed by atoms with Crippen molar-refractivity contribution >= 4 is 17.7 Å². The van der Waals surface area contributed by atoms with Gasteiger partial charge in [0.2, 0.25) is 5.91 Å². The molecule has 1 unspecified atom stereocenters. The minimum atomic E-state index is 0.0864. The second-order valence-electron chi connectivity index (χ2n) is 5.13. The lowest BCUT2D eigenvalue weighted by Crippen LogP contribution is -2.24. The highest BCUT2D eigenvalue weighted by Crippen LogP contribution is 2.27. The van der Waals surface area contributed by atoms with Gasteiger partial charge in [0.05, 0.1) is 5.75 Å². The molecule has 1 N–H and O–H groups in total. The Kier molecular flexibility index (Phi) is 5.88. The van der Waals surface area contributed by atoms with E-state index in [1.807, 2.05) is 18.2 Å². The van der Waals surface area contributed by atoms with E-state index in [9.17, 15) is 4.79 Å². The molecule has 2 aromatic carbocycles. The van der Waals surface area contributed by atoms with Crippen LogP contribution in [0, 0.1) is 6.92 Å². The number of carbonyl (C=O) groups excluding carboxylic acids is 1. The van der Waals surface area contributed by atoms with Crippen molar-refractivity contribution in [2.24, 2.45) is 0 Å². The summed E-state index contributed by atoms with van der Waals surface area (Å²) < 4.78 is 0. The number of hydrogen-bond donors (Lipinski definition) is 1. The van der Waals surface area contributed by atoms with Crippen LogP contribution in [0.1, 0.15) is 28.9 Å². The van der Waals surface area contributed by atoms with Gasteiger partial charge in [-0.1, -0.05) is 60.2 Å². The van der Waals surface area contributed by atoms with Gasteiger partial charge in [-0.05, 0) is 25.0 Å². The number of hydrogen-bond acceptors (Lipinski definition) is 2. The van der Waals surface area contributed by atoms with Crippen LogP contribution in [0.25, 0.3) is 0 Å². The molecule has 1 atom stereocenters. The molecule has 1 amide bonds. The smallest absolute Gasteiger partial charge is 0.230 e. The minimum Gasteiger partial charge on any atom is -0.351 e. The van der Waals surface area contributed by atoms with Gasteiger partial charge in [-0.25, -0.2) is 0 Å². The molecule has 0 saturated heterocycles. The third-order valence-electron chi connectivity index (χ3n) is 3.34. The van der Waals surface area contributed by atoms with Gasteiger partial charge in [0, 0.05) is 11.8 Å². The van der Waals surface area contributed by atoms with Gasteiger partial charge < -0.3 is 5.32 Å². The van der Waals surface area contributed by atoms with E-state index in [0.717, 1.165) is 5.56 Å². The zero-order chi connectivity index (χ0) is 15.1. The van der Waals surface area contributed by atoms with E-state index < -0.39 is 0 Å². The Bertz CT molecular complexity index is 566. The first-order chi connectivity index (χ1) is 10.1. The van der Waals surface area contributed by atoms with Crippen molar-refractivity contribution in [3.63, 3.8) is 0 Å². The zero-order valence-corrected chi connectivity index (χ0v) is 13.3. The Hall–Kier alpha value is -1.74. The molecule has 0 heterocycles. The summed E-state index contributed by atoms with van der Waals surface area (Å²) in [6.07, 6.45) is 0. The van der Waals surface area contributed by atoms with E-state index in [1.165, 1.54) is 11.1 Å². The van der Waals surface area contributed by atoms with E-state index in [2.05, 4.69) is 55.6 Å². The van der Waals surface area contributed by atoms with Gasteiger partial charge in [0.15, 0.2) is 0 Å². The molecular formula is C18H21NOS. The Balaban J connectivity index is 1.73. The largest absolute Gasteiger partial charge is 0.351 e. The molecule has 0 aromatic heterocycles. The molecule has 0 fully saturated rings. The van der Waals surface area contributed by atoms with Crippen LogP contribution in [0.5, 0.6) is 0 Å². The average Bonchev–Trinajstić information content (AvgIpc) is 2.53. The molecule has 2 rings (SSSR count). The van der Waals surface area contributed by atoms with Gasteiger partial charge in [-0.2, -0.15) is 0 Å². The van der Waals surface area contributed by atoms with E-state index in [4.69, 9.17) is 0 Å². The summed E-state index contributed by atoms with van der Waals surface area (Å²) in [5.41, 5.74) is 3.63. The first-order valence-corrected chi connectivity index (χ1v) is 8.19. The topological polar surface area (TPSA) is 29.1 Å². The molecule has 3 heteroatoms. The Morgan fingerprint density at radius 3 is 2.43 bits per heavy atom. The maximum Gasteiger partial charge on any atom is 0.230 e. The number of rotatable bonds is 6. The summed E-state index contributed by atoms with van der Waals surface area (Å²) in [5, 5.41) is 3.30. The third-order valence-corrected chi connectivity index (χ3v) is 4.54. The van der Waals surface area contributed by atoms with Crippen molar-refractivity contribution in [1.29, 1.82) is 0 Å². The van der Waals surface area contributed by atoms with Crippen LogP contribution in [0.2, 0.25) is 0 Å². The van der Waals surface area contributed by atoms with Crippen molar-refractivity contribution in [3.05, 3.63) is 71.3 Å². The first kappa shape index (κ1) is 15.6. The highest BCUT2D eigenvalue weighted by Gasteiger charge is 2.08. The van der Waals surface area contributed by atoms with E-state index >= 15 is 0 Å². The van der Waals surface area contributed by atoms with Gasteiger partial charge in [-0.3, -0.25) is 4.79 Å². The fourth-order valence-corrected chi connectivity index (χ4v) is 2.83. The Morgan fingerprint density at radius 2 is 1.76 bits per heavy atom. The molecule has 0 aliphatic carbocycles. The standard InChI is InChI=1S/C18H21NOS/c1-14-8-10-16(11-9-14)12-19-18(20)13-21-15(2)17-6-4-3-5-7-17/h3-11,15H,12-13H2,1-2H3,(H,19,20). The summed E-state index contributed by atoms with van der Waals surface area (Å²) in [6.45, 7) is 4.79. The van der Waals surface area contributed by atoms with Crippen molar-refractivity contribution in [2.75, 3.05) is 5.75 Å². The van der Waals surface area contributed by atoms with E-state index in [1.54, 1.807) is 11.8 Å². The highest BCUT2D eigenvalue weighted by molar-refractivity contribution is 8.00. The third kappa shape index (κ3) is 5.27. The van der Waals surface area contributed by atoms with Crippen molar-refractivity contribution < 1.29 is 4.79 Å². The van der Waals surface area contributed by atoms with E-state index in [0.29, 0.717) is 17.5 Å². The second-order valence-corrected chi connectivity index (χ2v) is 6.46. The fourth-order valence-electron chi connectivity index (χ4n) is 1.98. The Morgan fingerprint density at radius 1 is 1.10 bits per heavy atom. The van der Waals surface area contributed by atoms with Crippen LogP contribution in [0.4, 0.5) is 0 Å². The zero-order valence-electron chi connectivity index (χ0n) is 12.5. The van der Waals surface area contributed by atoms with Crippen LogP contribution in [0.15, 0.2) is 54.6 Å². The molecule has 0 spiro atoms. The SMILES string of the molecule is Cc1ccc(CNC(=O)CSC(C)c2ccccc2)cc1. The summed E-state index contributed by atoms with van der Waals surface area (Å²) in [4.78, 5) is 11.9. The normalized spacial score (nSPS) is 11.9. The molecule has 2 aromatic rings. The lowest BCUT2D eigenvalue weighted by Gasteiger charge is -2.11. The summed E-state index contributed by atoms with van der Waals surface area (Å²) in [6, 6.07) is 18.5. The predicted octanol–water partition coefficient (Wildman–Crippen LogP) is 4.11. The monoisotopic (exact) mass is 299 g/mol. The molecule has 21 heavy (non-hydrogen) atoms. The second kappa shape index (κ2) is 7.89. The summed E-state index contributed by atoms with van der Waals surface area (Å²) >= 11 is 1.66. The van der Waals surface area contributed by atoms with Crippen molar-refractivity contribution in [1.82, 2.24) is 5.32 Å². The first-order valence-electron chi connectivity index (χ1n) is 7.14. The van der Waals surface area contributed by atoms with Gasteiger partial charge in [0.1, 0.15) is 0 Å². The molecule has 0 saturated carbocycles. The molecule has 0 aliphatic rings. The van der Waals surface area contributed by atoms with Gasteiger partial charge in [0.25, 0.3) is 0 Å². The fraction of sp³-hybridized carbons (Fsp3) is 0.278. The molecule has 0 bridgehead atoms. The number of carbonyl (C=O) groups is 1. The van der Waals surface area contributed by atoms with Crippen LogP contribution in [0.3, 0.4) is 0 Å². The quantitative estimate of drug-likeness (QED) is 0.870. The maximum atomic E-state index is 11.9. The molecule has 110 valence electrons.